The van der Waals surface area contributed by atoms with Gasteiger partial charge in [-0.25, -0.2) is 0 Å². The predicted molar refractivity (Wildman–Crippen MR) is 109 cm³/mol. The van der Waals surface area contributed by atoms with E-state index in [0.717, 1.165) is 23.3 Å². The first kappa shape index (κ1) is 18.5. The summed E-state index contributed by atoms with van der Waals surface area (Å²) in [6.07, 6.45) is 4.19. The van der Waals surface area contributed by atoms with Crippen LogP contribution in [0, 0.1) is 0 Å². The second-order valence-electron chi connectivity index (χ2n) is 6.20. The summed E-state index contributed by atoms with van der Waals surface area (Å²) >= 11 is 0. The Morgan fingerprint density at radius 2 is 1.44 bits per heavy atom. The molecule has 0 unspecified atom stereocenters. The fraction of sp³-hybridized carbons (Fsp3) is 0.125. The summed E-state index contributed by atoms with van der Waals surface area (Å²) in [7, 11) is 0. The number of amides is 1. The Balaban J connectivity index is 1.42. The van der Waals surface area contributed by atoms with Crippen molar-refractivity contribution in [3.63, 3.8) is 0 Å². The lowest BCUT2D eigenvalue weighted by atomic mass is 10.1. The third-order valence-electron chi connectivity index (χ3n) is 4.11. The van der Waals surface area contributed by atoms with Gasteiger partial charge in [0, 0.05) is 12.6 Å². The van der Waals surface area contributed by atoms with Crippen LogP contribution >= 0.6 is 0 Å². The fourth-order valence-electron chi connectivity index (χ4n) is 2.62. The number of hydrogen-bond donors (Lipinski definition) is 1. The summed E-state index contributed by atoms with van der Waals surface area (Å²) in [5, 5.41) is 2.90. The average Bonchev–Trinajstić information content (AvgIpc) is 2.73. The molecule has 1 amide bonds. The van der Waals surface area contributed by atoms with Crippen molar-refractivity contribution in [2.45, 2.75) is 13.0 Å². The maximum Gasteiger partial charge on any atom is 0.244 e. The molecule has 0 atom stereocenters. The third kappa shape index (κ3) is 6.48. The van der Waals surface area contributed by atoms with Crippen molar-refractivity contribution in [2.75, 3.05) is 6.54 Å². The van der Waals surface area contributed by atoms with Crippen molar-refractivity contribution in [3.8, 4) is 5.75 Å². The zero-order valence-electron chi connectivity index (χ0n) is 15.2. The maximum atomic E-state index is 11.9. The number of benzene rings is 3. The zero-order valence-corrected chi connectivity index (χ0v) is 15.2. The van der Waals surface area contributed by atoms with E-state index in [4.69, 9.17) is 4.74 Å². The topological polar surface area (TPSA) is 38.3 Å². The standard InChI is InChI=1S/C24H23NO2/c26-24(25-18-17-20-7-3-1-4-8-20)16-13-21-11-14-23(15-12-21)27-19-22-9-5-2-6-10-22/h1-16H,17-19H2,(H,25,26). The summed E-state index contributed by atoms with van der Waals surface area (Å²) in [6, 6.07) is 27.9. The van der Waals surface area contributed by atoms with E-state index < -0.39 is 0 Å². The molecule has 0 saturated carbocycles. The molecule has 0 spiro atoms. The van der Waals surface area contributed by atoms with E-state index in [-0.39, 0.29) is 5.91 Å². The van der Waals surface area contributed by atoms with Gasteiger partial charge in [0.25, 0.3) is 0 Å². The normalized spacial score (nSPS) is 10.7. The molecular formula is C24H23NO2. The Kier molecular flexibility index (Phi) is 6.82. The smallest absolute Gasteiger partial charge is 0.244 e. The zero-order chi connectivity index (χ0) is 18.7. The molecular weight excluding hydrogens is 334 g/mol. The average molecular weight is 357 g/mol. The second-order valence-corrected chi connectivity index (χ2v) is 6.20. The van der Waals surface area contributed by atoms with Crippen molar-refractivity contribution in [3.05, 3.63) is 108 Å². The van der Waals surface area contributed by atoms with Crippen LogP contribution in [0.5, 0.6) is 5.75 Å². The summed E-state index contributed by atoms with van der Waals surface area (Å²) < 4.78 is 5.76. The highest BCUT2D eigenvalue weighted by molar-refractivity contribution is 5.91. The van der Waals surface area contributed by atoms with Crippen LogP contribution in [-0.2, 0) is 17.8 Å². The van der Waals surface area contributed by atoms with E-state index in [1.54, 1.807) is 12.2 Å². The van der Waals surface area contributed by atoms with Crippen molar-refractivity contribution >= 4 is 12.0 Å². The van der Waals surface area contributed by atoms with Gasteiger partial charge in [-0.05, 0) is 41.3 Å². The van der Waals surface area contributed by atoms with Gasteiger partial charge in [0.2, 0.25) is 5.91 Å². The quantitative estimate of drug-likeness (QED) is 0.597. The van der Waals surface area contributed by atoms with Crippen molar-refractivity contribution < 1.29 is 9.53 Å². The van der Waals surface area contributed by atoms with Gasteiger partial charge < -0.3 is 10.1 Å². The molecule has 136 valence electrons. The number of nitrogens with one attached hydrogen (secondary N) is 1. The Morgan fingerprint density at radius 1 is 0.815 bits per heavy atom. The molecule has 0 radical (unpaired) electrons. The first-order valence-corrected chi connectivity index (χ1v) is 9.06. The largest absolute Gasteiger partial charge is 0.489 e. The molecule has 3 nitrogen and oxygen atoms in total. The van der Waals surface area contributed by atoms with Gasteiger partial charge >= 0.3 is 0 Å². The van der Waals surface area contributed by atoms with E-state index in [1.807, 2.05) is 72.8 Å². The number of carbonyl (C=O) groups excluding carboxylic acids is 1. The summed E-state index contributed by atoms with van der Waals surface area (Å²) in [4.78, 5) is 11.9. The number of carbonyl (C=O) groups is 1. The number of ether oxygens (including phenoxy) is 1. The van der Waals surface area contributed by atoms with Crippen LogP contribution in [0.2, 0.25) is 0 Å². The molecule has 0 saturated heterocycles. The van der Waals surface area contributed by atoms with Crippen molar-refractivity contribution in [2.24, 2.45) is 0 Å². The predicted octanol–water partition coefficient (Wildman–Crippen LogP) is 4.64. The molecule has 0 aliphatic carbocycles. The van der Waals surface area contributed by atoms with Crippen LogP contribution in [-0.4, -0.2) is 12.5 Å². The maximum absolute atomic E-state index is 11.9. The minimum atomic E-state index is -0.0877. The molecule has 0 aliphatic heterocycles. The van der Waals surface area contributed by atoms with Crippen molar-refractivity contribution in [1.82, 2.24) is 5.32 Å². The van der Waals surface area contributed by atoms with Crippen LogP contribution in [0.3, 0.4) is 0 Å². The van der Waals surface area contributed by atoms with Gasteiger partial charge in [-0.3, -0.25) is 4.79 Å². The fourth-order valence-corrected chi connectivity index (χ4v) is 2.62. The lowest BCUT2D eigenvalue weighted by Crippen LogP contribution is -2.23. The van der Waals surface area contributed by atoms with Crippen LogP contribution < -0.4 is 10.1 Å². The minimum Gasteiger partial charge on any atom is -0.489 e. The van der Waals surface area contributed by atoms with Gasteiger partial charge in [-0.1, -0.05) is 72.8 Å². The highest BCUT2D eigenvalue weighted by Gasteiger charge is 1.98. The molecule has 27 heavy (non-hydrogen) atoms. The molecule has 3 heteroatoms. The molecule has 0 bridgehead atoms. The van der Waals surface area contributed by atoms with Crippen LogP contribution in [0.4, 0.5) is 0 Å². The lowest BCUT2D eigenvalue weighted by Gasteiger charge is -2.06. The second kappa shape index (κ2) is 9.97. The van der Waals surface area contributed by atoms with Gasteiger partial charge in [0.05, 0.1) is 0 Å². The van der Waals surface area contributed by atoms with Crippen LogP contribution in [0.1, 0.15) is 16.7 Å². The lowest BCUT2D eigenvalue weighted by molar-refractivity contribution is -0.116. The summed E-state index contributed by atoms with van der Waals surface area (Å²) in [5.41, 5.74) is 3.31. The highest BCUT2D eigenvalue weighted by atomic mass is 16.5. The molecule has 3 aromatic carbocycles. The molecule has 3 rings (SSSR count). The highest BCUT2D eigenvalue weighted by Crippen LogP contribution is 2.15. The monoisotopic (exact) mass is 357 g/mol. The molecule has 0 aliphatic rings. The van der Waals surface area contributed by atoms with Gasteiger partial charge in [-0.15, -0.1) is 0 Å². The number of hydrogen-bond acceptors (Lipinski definition) is 2. The molecule has 1 N–H and O–H groups in total. The number of rotatable bonds is 8. The van der Waals surface area contributed by atoms with E-state index in [9.17, 15) is 4.79 Å². The molecule has 0 aromatic heterocycles. The van der Waals surface area contributed by atoms with Crippen molar-refractivity contribution in [1.29, 1.82) is 0 Å². The van der Waals surface area contributed by atoms with Crippen LogP contribution in [0.25, 0.3) is 6.08 Å². The summed E-state index contributed by atoms with van der Waals surface area (Å²) in [6.45, 7) is 1.17. The third-order valence-corrected chi connectivity index (χ3v) is 4.11. The van der Waals surface area contributed by atoms with E-state index in [0.29, 0.717) is 13.2 Å². The molecule has 0 fully saturated rings. The minimum absolute atomic E-state index is 0.0877. The van der Waals surface area contributed by atoms with E-state index >= 15 is 0 Å². The Hall–Kier alpha value is -3.33. The Labute approximate surface area is 160 Å². The summed E-state index contributed by atoms with van der Waals surface area (Å²) in [5.74, 6) is 0.721. The Morgan fingerprint density at radius 3 is 2.11 bits per heavy atom. The van der Waals surface area contributed by atoms with Gasteiger partial charge in [0.15, 0.2) is 0 Å². The molecule has 0 heterocycles. The van der Waals surface area contributed by atoms with Crippen LogP contribution in [0.15, 0.2) is 91.0 Å². The molecule has 3 aromatic rings. The van der Waals surface area contributed by atoms with Gasteiger partial charge in [0.1, 0.15) is 12.4 Å². The first-order valence-electron chi connectivity index (χ1n) is 9.06. The SMILES string of the molecule is O=C(C=Cc1ccc(OCc2ccccc2)cc1)NCCc1ccccc1. The van der Waals surface area contributed by atoms with Gasteiger partial charge in [-0.2, -0.15) is 0 Å². The van der Waals surface area contributed by atoms with E-state index in [2.05, 4.69) is 17.4 Å². The Bertz CT molecular complexity index is 856. The van der Waals surface area contributed by atoms with E-state index in [1.165, 1.54) is 5.56 Å². The first-order chi connectivity index (χ1) is 13.3.